The van der Waals surface area contributed by atoms with Crippen LogP contribution in [0.15, 0.2) is 30.5 Å². The summed E-state index contributed by atoms with van der Waals surface area (Å²) in [6.45, 7) is 10.3. The molecule has 0 amide bonds. The number of para-hydroxylation sites is 1. The molecule has 0 saturated carbocycles. The van der Waals surface area contributed by atoms with Crippen LogP contribution in [0.25, 0.3) is 10.9 Å². The zero-order chi connectivity index (χ0) is 16.3. The number of hydrogen-bond donors (Lipinski definition) is 2. The number of fused-ring (bicyclic) bond motifs is 1. The van der Waals surface area contributed by atoms with Crippen molar-refractivity contribution < 1.29 is 4.79 Å². The van der Waals surface area contributed by atoms with Crippen molar-refractivity contribution in [1.82, 2.24) is 10.3 Å². The molecule has 1 heterocycles. The Labute approximate surface area is 133 Å². The highest BCUT2D eigenvalue weighted by molar-refractivity contribution is 5.90. The Hall–Kier alpha value is -1.61. The average Bonchev–Trinajstić information content (AvgIpc) is 2.88. The summed E-state index contributed by atoms with van der Waals surface area (Å²) in [6, 6.07) is 8.39. The summed E-state index contributed by atoms with van der Waals surface area (Å²) in [5, 5.41) is 4.67. The second kappa shape index (κ2) is 6.66. The minimum absolute atomic E-state index is 0.144. The molecule has 22 heavy (non-hydrogen) atoms. The van der Waals surface area contributed by atoms with Gasteiger partial charge in [0.15, 0.2) is 5.78 Å². The summed E-state index contributed by atoms with van der Waals surface area (Å²) in [6.07, 6.45) is 3.62. The molecule has 0 spiro atoms. The number of carbonyl (C=O) groups is 1. The number of Topliss-reactive ketones (excluding diaryl/α,β-unsaturated/α-hetero) is 1. The molecular formula is C19H28N2O. The number of carbonyl (C=O) groups excluding carboxylic acids is 1. The van der Waals surface area contributed by atoms with Gasteiger partial charge in [-0.15, -0.1) is 0 Å². The van der Waals surface area contributed by atoms with Crippen molar-refractivity contribution in [2.45, 2.75) is 59.5 Å². The van der Waals surface area contributed by atoms with Crippen molar-refractivity contribution in [3.63, 3.8) is 0 Å². The summed E-state index contributed by atoms with van der Waals surface area (Å²) in [7, 11) is 0. The van der Waals surface area contributed by atoms with Crippen LogP contribution in [0.4, 0.5) is 0 Å². The molecule has 2 rings (SSSR count). The topological polar surface area (TPSA) is 44.9 Å². The number of ketones is 1. The van der Waals surface area contributed by atoms with Crippen LogP contribution in [0.1, 0.15) is 46.6 Å². The van der Waals surface area contributed by atoms with Crippen LogP contribution in [0.3, 0.4) is 0 Å². The first-order valence-electron chi connectivity index (χ1n) is 8.20. The van der Waals surface area contributed by atoms with Crippen molar-refractivity contribution in [3.8, 4) is 0 Å². The van der Waals surface area contributed by atoms with E-state index < -0.39 is 0 Å². The number of hydrogen-bond acceptors (Lipinski definition) is 2. The first-order chi connectivity index (χ1) is 10.3. The van der Waals surface area contributed by atoms with Crippen molar-refractivity contribution in [1.29, 1.82) is 0 Å². The zero-order valence-electron chi connectivity index (χ0n) is 14.4. The standard InChI is InChI=1S/C19H28N2O/c1-6-19(4,5)18(22)17(21-13(2)3)11-14-12-20-16-10-8-7-9-15(14)16/h7-10,12-13,17,20-21H,6,11H2,1-5H3. The summed E-state index contributed by atoms with van der Waals surface area (Å²) in [4.78, 5) is 16.2. The SMILES string of the molecule is CCC(C)(C)C(=O)C(Cc1c[nH]c2ccccc12)NC(C)C. The van der Waals surface area contributed by atoms with Gasteiger partial charge in [-0.25, -0.2) is 0 Å². The average molecular weight is 300 g/mol. The lowest BCUT2D eigenvalue weighted by atomic mass is 9.80. The lowest BCUT2D eigenvalue weighted by molar-refractivity contribution is -0.129. The van der Waals surface area contributed by atoms with Gasteiger partial charge < -0.3 is 10.3 Å². The third-order valence-corrected chi connectivity index (χ3v) is 4.50. The van der Waals surface area contributed by atoms with Gasteiger partial charge in [-0.3, -0.25) is 4.79 Å². The summed E-state index contributed by atoms with van der Waals surface area (Å²) >= 11 is 0. The van der Waals surface area contributed by atoms with E-state index in [1.807, 2.05) is 32.2 Å². The van der Waals surface area contributed by atoms with Crippen molar-refractivity contribution in [2.24, 2.45) is 5.41 Å². The van der Waals surface area contributed by atoms with Crippen molar-refractivity contribution in [2.75, 3.05) is 0 Å². The van der Waals surface area contributed by atoms with Gasteiger partial charge in [-0.05, 0) is 24.5 Å². The first-order valence-corrected chi connectivity index (χ1v) is 8.20. The zero-order valence-corrected chi connectivity index (χ0v) is 14.4. The first kappa shape index (κ1) is 16.8. The van der Waals surface area contributed by atoms with E-state index in [0.717, 1.165) is 18.4 Å². The van der Waals surface area contributed by atoms with Gasteiger partial charge in [0.25, 0.3) is 0 Å². The van der Waals surface area contributed by atoms with E-state index >= 15 is 0 Å². The molecule has 1 aromatic carbocycles. The lowest BCUT2D eigenvalue weighted by Crippen LogP contribution is -2.47. The number of nitrogens with one attached hydrogen (secondary N) is 2. The van der Waals surface area contributed by atoms with Gasteiger partial charge in [0.1, 0.15) is 0 Å². The van der Waals surface area contributed by atoms with Crippen LogP contribution in [0.2, 0.25) is 0 Å². The summed E-state index contributed by atoms with van der Waals surface area (Å²) in [5.41, 5.74) is 2.04. The van der Waals surface area contributed by atoms with E-state index in [2.05, 4.69) is 43.2 Å². The molecule has 3 heteroatoms. The maximum absolute atomic E-state index is 12.9. The quantitative estimate of drug-likeness (QED) is 0.809. The predicted molar refractivity (Wildman–Crippen MR) is 93.1 cm³/mol. The van der Waals surface area contributed by atoms with E-state index in [1.165, 1.54) is 10.9 Å². The highest BCUT2D eigenvalue weighted by Crippen LogP contribution is 2.26. The highest BCUT2D eigenvalue weighted by atomic mass is 16.1. The number of H-pyrrole nitrogens is 1. The summed E-state index contributed by atoms with van der Waals surface area (Å²) < 4.78 is 0. The van der Waals surface area contributed by atoms with Crippen LogP contribution in [-0.4, -0.2) is 22.9 Å². The van der Waals surface area contributed by atoms with Gasteiger partial charge in [0, 0.05) is 28.6 Å². The number of aromatic nitrogens is 1. The molecule has 0 aliphatic heterocycles. The molecule has 0 bridgehead atoms. The molecule has 1 aromatic heterocycles. The normalized spacial score (nSPS) is 13.7. The van der Waals surface area contributed by atoms with Crippen molar-refractivity contribution in [3.05, 3.63) is 36.0 Å². The molecule has 2 aromatic rings. The summed E-state index contributed by atoms with van der Waals surface area (Å²) in [5.74, 6) is 0.300. The molecule has 0 saturated heterocycles. The Morgan fingerprint density at radius 3 is 2.59 bits per heavy atom. The van der Waals surface area contributed by atoms with Gasteiger partial charge >= 0.3 is 0 Å². The third kappa shape index (κ3) is 3.58. The smallest absolute Gasteiger partial charge is 0.155 e. The minimum Gasteiger partial charge on any atom is -0.361 e. The Bertz CT molecular complexity index is 640. The van der Waals surface area contributed by atoms with Crippen LogP contribution >= 0.6 is 0 Å². The molecule has 120 valence electrons. The molecule has 0 radical (unpaired) electrons. The van der Waals surface area contributed by atoms with Crippen LogP contribution < -0.4 is 5.32 Å². The number of rotatable bonds is 7. The van der Waals surface area contributed by atoms with E-state index in [0.29, 0.717) is 5.78 Å². The fourth-order valence-corrected chi connectivity index (χ4v) is 2.80. The highest BCUT2D eigenvalue weighted by Gasteiger charge is 2.32. The number of aromatic amines is 1. The Balaban J connectivity index is 2.28. The Kier molecular flexibility index (Phi) is 5.07. The van der Waals surface area contributed by atoms with E-state index in [4.69, 9.17) is 0 Å². The monoisotopic (exact) mass is 300 g/mol. The van der Waals surface area contributed by atoms with Crippen LogP contribution in [0, 0.1) is 5.41 Å². The molecule has 0 aliphatic carbocycles. The van der Waals surface area contributed by atoms with Crippen LogP contribution in [0.5, 0.6) is 0 Å². The van der Waals surface area contributed by atoms with Crippen LogP contribution in [-0.2, 0) is 11.2 Å². The van der Waals surface area contributed by atoms with Crippen molar-refractivity contribution >= 4 is 16.7 Å². The van der Waals surface area contributed by atoms with E-state index in [9.17, 15) is 4.79 Å². The number of benzene rings is 1. The molecule has 0 aliphatic rings. The largest absolute Gasteiger partial charge is 0.361 e. The Morgan fingerprint density at radius 2 is 1.95 bits per heavy atom. The van der Waals surface area contributed by atoms with E-state index in [-0.39, 0.29) is 17.5 Å². The molecule has 1 atom stereocenters. The lowest BCUT2D eigenvalue weighted by Gasteiger charge is -2.29. The molecule has 3 nitrogen and oxygen atoms in total. The van der Waals surface area contributed by atoms with Gasteiger partial charge in [-0.2, -0.15) is 0 Å². The van der Waals surface area contributed by atoms with Gasteiger partial charge in [0.2, 0.25) is 0 Å². The van der Waals surface area contributed by atoms with Gasteiger partial charge in [0.05, 0.1) is 6.04 Å². The maximum atomic E-state index is 12.9. The second-order valence-electron chi connectivity index (χ2n) is 7.04. The third-order valence-electron chi connectivity index (χ3n) is 4.50. The molecule has 0 fully saturated rings. The molecule has 2 N–H and O–H groups in total. The molecular weight excluding hydrogens is 272 g/mol. The Morgan fingerprint density at radius 1 is 1.27 bits per heavy atom. The minimum atomic E-state index is -0.293. The van der Waals surface area contributed by atoms with E-state index in [1.54, 1.807) is 0 Å². The second-order valence-corrected chi connectivity index (χ2v) is 7.04. The fourth-order valence-electron chi connectivity index (χ4n) is 2.80. The van der Waals surface area contributed by atoms with Gasteiger partial charge in [-0.1, -0.05) is 52.8 Å². The fraction of sp³-hybridized carbons (Fsp3) is 0.526. The molecule has 1 unspecified atom stereocenters. The maximum Gasteiger partial charge on any atom is 0.155 e. The predicted octanol–water partition coefficient (Wildman–Crippen LogP) is 4.08.